The summed E-state index contributed by atoms with van der Waals surface area (Å²) in [5.41, 5.74) is 6.39. The second-order valence-corrected chi connectivity index (χ2v) is 7.53. The normalized spacial score (nSPS) is 18.4. The number of carbonyl (C=O) groups is 1. The number of aromatic nitrogens is 3. The van der Waals surface area contributed by atoms with Crippen LogP contribution in [0, 0.1) is 11.8 Å². The summed E-state index contributed by atoms with van der Waals surface area (Å²) in [6.45, 7) is 0.484. The lowest BCUT2D eigenvalue weighted by atomic mass is 10.0. The van der Waals surface area contributed by atoms with Crippen LogP contribution in [-0.4, -0.2) is 64.2 Å². The number of hydrogen-bond acceptors (Lipinski definition) is 7. The molecule has 30 heavy (non-hydrogen) atoms. The first-order chi connectivity index (χ1) is 14.3. The quantitative estimate of drug-likeness (QED) is 0.622. The van der Waals surface area contributed by atoms with Crippen molar-refractivity contribution in [2.24, 2.45) is 0 Å². The Morgan fingerprint density at radius 2 is 2.07 bits per heavy atom. The molecule has 1 aliphatic rings. The molecule has 8 heteroatoms. The van der Waals surface area contributed by atoms with Crippen LogP contribution in [0.4, 0.5) is 11.6 Å². The molecule has 3 heterocycles. The number of nitrogens with two attached hydrogens (primary N) is 1. The summed E-state index contributed by atoms with van der Waals surface area (Å²) in [5.74, 6) is 6.84. The van der Waals surface area contributed by atoms with Gasteiger partial charge in [-0.2, -0.15) is 0 Å². The largest absolute Gasteiger partial charge is 0.382 e. The van der Waals surface area contributed by atoms with Gasteiger partial charge in [0.15, 0.2) is 5.82 Å². The monoisotopic (exact) mass is 402 g/mol. The molecule has 1 unspecified atom stereocenters. The van der Waals surface area contributed by atoms with Gasteiger partial charge in [0.2, 0.25) is 5.60 Å². The van der Waals surface area contributed by atoms with E-state index in [0.29, 0.717) is 35.7 Å². The topological polar surface area (TPSA) is 108 Å². The Balaban J connectivity index is 1.77. The van der Waals surface area contributed by atoms with E-state index in [4.69, 9.17) is 10.7 Å². The summed E-state index contributed by atoms with van der Waals surface area (Å²) in [7, 11) is 5.46. The zero-order valence-electron chi connectivity index (χ0n) is 17.0. The predicted molar refractivity (Wildman–Crippen MR) is 116 cm³/mol. The zero-order valence-corrected chi connectivity index (χ0v) is 17.0. The Labute approximate surface area is 174 Å². The summed E-state index contributed by atoms with van der Waals surface area (Å²) in [5, 5.41) is 11.3. The standard InChI is InChI=1S/C22H22N6O2/c1-27(2)20-16-8-11-24-18(23)17(16)25-19(26-20)15-6-4-5-14(13-15)7-9-22(30)10-12-28(3)21(22)29/h4-6,8,11,13,30H,10,12H2,1-3H3,(H2,23,24). The molecule has 0 saturated carbocycles. The van der Waals surface area contributed by atoms with E-state index in [-0.39, 0.29) is 5.91 Å². The Bertz CT molecular complexity index is 1210. The summed E-state index contributed by atoms with van der Waals surface area (Å²) in [6.07, 6.45) is 1.93. The van der Waals surface area contributed by atoms with Crippen LogP contribution in [0.15, 0.2) is 36.5 Å². The Morgan fingerprint density at radius 1 is 1.27 bits per heavy atom. The molecule has 8 nitrogen and oxygen atoms in total. The number of pyridine rings is 1. The first kappa shape index (κ1) is 19.6. The molecule has 4 rings (SSSR count). The van der Waals surface area contributed by atoms with E-state index >= 15 is 0 Å². The number of aliphatic hydroxyl groups is 1. The smallest absolute Gasteiger partial charge is 0.267 e. The van der Waals surface area contributed by atoms with Gasteiger partial charge in [-0.25, -0.2) is 15.0 Å². The number of amides is 1. The molecule has 0 aliphatic carbocycles. The average Bonchev–Trinajstić information content (AvgIpc) is 3.00. The molecule has 152 valence electrons. The fourth-order valence-corrected chi connectivity index (χ4v) is 3.41. The molecule has 1 aliphatic heterocycles. The lowest BCUT2D eigenvalue weighted by molar-refractivity contribution is -0.137. The Kier molecular flexibility index (Phi) is 4.76. The van der Waals surface area contributed by atoms with Crippen LogP contribution in [0.5, 0.6) is 0 Å². The van der Waals surface area contributed by atoms with Crippen molar-refractivity contribution in [1.82, 2.24) is 19.9 Å². The summed E-state index contributed by atoms with van der Waals surface area (Å²) in [4.78, 5) is 29.0. The number of nitrogens with zero attached hydrogens (tertiary/aromatic N) is 5. The second-order valence-electron chi connectivity index (χ2n) is 7.53. The second kappa shape index (κ2) is 7.28. The molecule has 1 saturated heterocycles. The number of likely N-dealkylation sites (N-methyl/N-ethyl adjacent to an activating group) is 1. The molecule has 1 fully saturated rings. The highest BCUT2D eigenvalue weighted by molar-refractivity contribution is 5.96. The number of anilines is 2. The minimum Gasteiger partial charge on any atom is -0.382 e. The molecule has 1 amide bonds. The van der Waals surface area contributed by atoms with Crippen LogP contribution >= 0.6 is 0 Å². The van der Waals surface area contributed by atoms with E-state index in [2.05, 4.69) is 21.8 Å². The minimum absolute atomic E-state index is 0.293. The fraction of sp³-hybridized carbons (Fsp3) is 0.273. The molecular weight excluding hydrogens is 380 g/mol. The van der Waals surface area contributed by atoms with Crippen molar-refractivity contribution >= 4 is 28.4 Å². The molecule has 0 radical (unpaired) electrons. The third-order valence-corrected chi connectivity index (χ3v) is 5.09. The van der Waals surface area contributed by atoms with Crippen LogP contribution in [0.25, 0.3) is 22.3 Å². The molecule has 0 spiro atoms. The first-order valence-electron chi connectivity index (χ1n) is 9.49. The Morgan fingerprint density at radius 3 is 2.77 bits per heavy atom. The van der Waals surface area contributed by atoms with Crippen LogP contribution < -0.4 is 10.6 Å². The maximum absolute atomic E-state index is 12.1. The van der Waals surface area contributed by atoms with Crippen LogP contribution in [-0.2, 0) is 4.79 Å². The highest BCUT2D eigenvalue weighted by Crippen LogP contribution is 2.29. The minimum atomic E-state index is -1.64. The molecule has 3 aromatic rings. The van der Waals surface area contributed by atoms with Gasteiger partial charge in [-0.15, -0.1) is 0 Å². The van der Waals surface area contributed by atoms with E-state index in [1.807, 2.05) is 49.3 Å². The van der Waals surface area contributed by atoms with E-state index in [1.54, 1.807) is 13.2 Å². The van der Waals surface area contributed by atoms with Gasteiger partial charge in [-0.1, -0.05) is 24.0 Å². The van der Waals surface area contributed by atoms with Crippen molar-refractivity contribution in [1.29, 1.82) is 0 Å². The SMILES string of the molecule is CN1CCC(O)(C#Cc2cccc(-c3nc(N(C)C)c4ccnc(N)c4n3)c2)C1=O. The van der Waals surface area contributed by atoms with Crippen molar-refractivity contribution < 1.29 is 9.90 Å². The van der Waals surface area contributed by atoms with Crippen LogP contribution in [0.2, 0.25) is 0 Å². The van der Waals surface area contributed by atoms with E-state index in [0.717, 1.165) is 16.8 Å². The molecule has 1 atom stereocenters. The van der Waals surface area contributed by atoms with Crippen LogP contribution in [0.3, 0.4) is 0 Å². The molecule has 0 bridgehead atoms. The maximum Gasteiger partial charge on any atom is 0.267 e. The van der Waals surface area contributed by atoms with Gasteiger partial charge in [0, 0.05) is 56.8 Å². The van der Waals surface area contributed by atoms with Gasteiger partial charge in [0.05, 0.1) is 0 Å². The number of rotatable bonds is 2. The van der Waals surface area contributed by atoms with Gasteiger partial charge in [-0.05, 0) is 18.2 Å². The van der Waals surface area contributed by atoms with Gasteiger partial charge in [-0.3, -0.25) is 4.79 Å². The highest BCUT2D eigenvalue weighted by Gasteiger charge is 2.42. The Hall–Kier alpha value is -3.70. The lowest BCUT2D eigenvalue weighted by Gasteiger charge is -2.16. The molecule has 2 aromatic heterocycles. The number of carbonyl (C=O) groups excluding carboxylic acids is 1. The van der Waals surface area contributed by atoms with Crippen molar-refractivity contribution in [2.75, 3.05) is 38.3 Å². The van der Waals surface area contributed by atoms with Crippen molar-refractivity contribution in [2.45, 2.75) is 12.0 Å². The number of hydrogen-bond donors (Lipinski definition) is 2. The van der Waals surface area contributed by atoms with Crippen LogP contribution in [0.1, 0.15) is 12.0 Å². The fourth-order valence-electron chi connectivity index (χ4n) is 3.41. The van der Waals surface area contributed by atoms with E-state index in [9.17, 15) is 9.90 Å². The number of nitrogen functional groups attached to an aromatic ring is 1. The first-order valence-corrected chi connectivity index (χ1v) is 9.49. The third-order valence-electron chi connectivity index (χ3n) is 5.09. The lowest BCUT2D eigenvalue weighted by Crippen LogP contribution is -2.37. The van der Waals surface area contributed by atoms with Gasteiger partial charge < -0.3 is 20.6 Å². The average molecular weight is 402 g/mol. The van der Waals surface area contributed by atoms with Gasteiger partial charge in [0.25, 0.3) is 5.91 Å². The number of benzene rings is 1. The summed E-state index contributed by atoms with van der Waals surface area (Å²) < 4.78 is 0. The molecule has 1 aromatic carbocycles. The number of likely N-dealkylation sites (tertiary alicyclic amines) is 1. The van der Waals surface area contributed by atoms with Gasteiger partial charge in [0.1, 0.15) is 17.2 Å². The van der Waals surface area contributed by atoms with Crippen molar-refractivity contribution in [3.63, 3.8) is 0 Å². The highest BCUT2D eigenvalue weighted by atomic mass is 16.3. The van der Waals surface area contributed by atoms with Gasteiger partial charge >= 0.3 is 0 Å². The summed E-state index contributed by atoms with van der Waals surface area (Å²) >= 11 is 0. The van der Waals surface area contributed by atoms with Crippen molar-refractivity contribution in [3.05, 3.63) is 42.1 Å². The zero-order chi connectivity index (χ0) is 21.5. The number of fused-ring (bicyclic) bond motifs is 1. The predicted octanol–water partition coefficient (Wildman–Crippen LogP) is 1.28. The molecule has 3 N–H and O–H groups in total. The summed E-state index contributed by atoms with van der Waals surface area (Å²) in [6, 6.07) is 9.19. The van der Waals surface area contributed by atoms with E-state index < -0.39 is 5.60 Å². The maximum atomic E-state index is 12.1. The third kappa shape index (κ3) is 3.40. The van der Waals surface area contributed by atoms with Crippen molar-refractivity contribution in [3.8, 4) is 23.2 Å². The molecular formula is C22H22N6O2. The van der Waals surface area contributed by atoms with E-state index in [1.165, 1.54) is 4.90 Å².